The van der Waals surface area contributed by atoms with Crippen LogP contribution in [0.5, 0.6) is 0 Å². The van der Waals surface area contributed by atoms with Gasteiger partial charge in [0, 0.05) is 19.5 Å². The minimum Gasteiger partial charge on any atom is -0.481 e. The molecule has 0 aliphatic rings. The van der Waals surface area contributed by atoms with Crippen molar-refractivity contribution < 1.29 is 14.7 Å². The lowest BCUT2D eigenvalue weighted by Crippen LogP contribution is -2.24. The van der Waals surface area contributed by atoms with Gasteiger partial charge in [-0.3, -0.25) is 9.59 Å². The van der Waals surface area contributed by atoms with Crippen LogP contribution < -0.4 is 10.6 Å². The summed E-state index contributed by atoms with van der Waals surface area (Å²) < 4.78 is 0. The van der Waals surface area contributed by atoms with Crippen LogP contribution in [-0.4, -0.2) is 30.1 Å². The Kier molecular flexibility index (Phi) is 6.06. The van der Waals surface area contributed by atoms with Crippen LogP contribution in [-0.2, 0) is 9.59 Å². The Labute approximate surface area is 111 Å². The molecular formula is C13H15N3O3. The number of nitriles is 1. The molecule has 0 spiro atoms. The fourth-order valence-corrected chi connectivity index (χ4v) is 1.42. The molecule has 1 rings (SSSR count). The number of hydrogen-bond donors (Lipinski definition) is 3. The summed E-state index contributed by atoms with van der Waals surface area (Å²) in [6, 6.07) is 8.74. The van der Waals surface area contributed by atoms with E-state index in [0.717, 1.165) is 0 Å². The molecular weight excluding hydrogens is 246 g/mol. The van der Waals surface area contributed by atoms with E-state index in [1.165, 1.54) is 0 Å². The number of aliphatic carboxylic acids is 1. The molecule has 0 fully saturated rings. The largest absolute Gasteiger partial charge is 0.481 e. The molecule has 0 bridgehead atoms. The quantitative estimate of drug-likeness (QED) is 0.634. The van der Waals surface area contributed by atoms with E-state index >= 15 is 0 Å². The minimum absolute atomic E-state index is 0.0267. The smallest absolute Gasteiger partial charge is 0.304 e. The molecule has 0 aromatic heterocycles. The molecule has 0 atom stereocenters. The topological polar surface area (TPSA) is 102 Å². The van der Waals surface area contributed by atoms with Crippen molar-refractivity contribution in [2.24, 2.45) is 0 Å². The number of carboxylic acids is 1. The standard InChI is InChI=1S/C13H15N3O3/c14-9-10-3-1-2-4-11(10)16-12(17)5-7-15-8-6-13(18)19/h1-4,15H,5-8H2,(H,16,17)(H,18,19). The molecule has 1 amide bonds. The van der Waals surface area contributed by atoms with Crippen LogP contribution in [0.2, 0.25) is 0 Å². The third-order valence-corrected chi connectivity index (χ3v) is 2.37. The van der Waals surface area contributed by atoms with Crippen LogP contribution in [0.15, 0.2) is 24.3 Å². The number of carbonyl (C=O) groups excluding carboxylic acids is 1. The van der Waals surface area contributed by atoms with Gasteiger partial charge in [-0.05, 0) is 12.1 Å². The lowest BCUT2D eigenvalue weighted by Gasteiger charge is -2.07. The van der Waals surface area contributed by atoms with Gasteiger partial charge in [0.2, 0.25) is 5.91 Å². The van der Waals surface area contributed by atoms with E-state index in [4.69, 9.17) is 10.4 Å². The first-order valence-electron chi connectivity index (χ1n) is 5.85. The molecule has 100 valence electrons. The van der Waals surface area contributed by atoms with Gasteiger partial charge in [0.15, 0.2) is 0 Å². The predicted molar refractivity (Wildman–Crippen MR) is 69.5 cm³/mol. The molecule has 0 radical (unpaired) electrons. The first-order valence-corrected chi connectivity index (χ1v) is 5.85. The van der Waals surface area contributed by atoms with Crippen LogP contribution >= 0.6 is 0 Å². The van der Waals surface area contributed by atoms with Crippen LogP contribution in [0, 0.1) is 11.3 Å². The van der Waals surface area contributed by atoms with Crippen molar-refractivity contribution in [1.82, 2.24) is 5.32 Å². The number of benzene rings is 1. The van der Waals surface area contributed by atoms with Gasteiger partial charge in [-0.2, -0.15) is 5.26 Å². The molecule has 6 nitrogen and oxygen atoms in total. The maximum absolute atomic E-state index is 11.6. The first-order chi connectivity index (χ1) is 9.13. The number of nitrogens with zero attached hydrogens (tertiary/aromatic N) is 1. The highest BCUT2D eigenvalue weighted by molar-refractivity contribution is 5.92. The SMILES string of the molecule is N#Cc1ccccc1NC(=O)CCNCCC(=O)O. The van der Waals surface area contributed by atoms with Crippen molar-refractivity contribution in [2.45, 2.75) is 12.8 Å². The van der Waals surface area contributed by atoms with Gasteiger partial charge in [0.25, 0.3) is 0 Å². The Bertz CT molecular complexity index is 494. The van der Waals surface area contributed by atoms with Gasteiger partial charge in [-0.25, -0.2) is 0 Å². The molecule has 1 aromatic carbocycles. The van der Waals surface area contributed by atoms with Crippen LogP contribution in [0.3, 0.4) is 0 Å². The van der Waals surface area contributed by atoms with E-state index in [1.807, 2.05) is 6.07 Å². The van der Waals surface area contributed by atoms with E-state index < -0.39 is 5.97 Å². The molecule has 0 unspecified atom stereocenters. The summed E-state index contributed by atoms with van der Waals surface area (Å²) in [5.41, 5.74) is 0.898. The highest BCUT2D eigenvalue weighted by Gasteiger charge is 2.05. The number of carbonyl (C=O) groups is 2. The molecule has 3 N–H and O–H groups in total. The summed E-state index contributed by atoms with van der Waals surface area (Å²) in [5, 5.41) is 22.8. The van der Waals surface area contributed by atoms with E-state index in [0.29, 0.717) is 24.3 Å². The second-order valence-electron chi connectivity index (χ2n) is 3.85. The number of carboxylic acid groups (broad SMARTS) is 1. The van der Waals surface area contributed by atoms with Gasteiger partial charge >= 0.3 is 5.97 Å². The second-order valence-corrected chi connectivity index (χ2v) is 3.85. The molecule has 0 aliphatic heterocycles. The monoisotopic (exact) mass is 261 g/mol. The highest BCUT2D eigenvalue weighted by atomic mass is 16.4. The highest BCUT2D eigenvalue weighted by Crippen LogP contribution is 2.13. The zero-order valence-corrected chi connectivity index (χ0v) is 10.3. The van der Waals surface area contributed by atoms with Crippen LogP contribution in [0.4, 0.5) is 5.69 Å². The molecule has 0 aliphatic carbocycles. The Balaban J connectivity index is 2.32. The summed E-state index contributed by atoms with van der Waals surface area (Å²) in [7, 11) is 0. The van der Waals surface area contributed by atoms with Crippen molar-refractivity contribution in [3.63, 3.8) is 0 Å². The van der Waals surface area contributed by atoms with Gasteiger partial charge in [0.05, 0.1) is 17.7 Å². The number of para-hydroxylation sites is 1. The first kappa shape index (κ1) is 14.7. The minimum atomic E-state index is -0.875. The van der Waals surface area contributed by atoms with Crippen LogP contribution in [0.25, 0.3) is 0 Å². The third-order valence-electron chi connectivity index (χ3n) is 2.37. The predicted octanol–water partition coefficient (Wildman–Crippen LogP) is 0.951. The number of nitrogens with one attached hydrogen (secondary N) is 2. The third kappa shape index (κ3) is 5.66. The van der Waals surface area contributed by atoms with E-state index in [1.54, 1.807) is 24.3 Å². The summed E-state index contributed by atoms with van der Waals surface area (Å²) in [4.78, 5) is 21.9. The Morgan fingerprint density at radius 1 is 1.21 bits per heavy atom. The number of amides is 1. The summed E-state index contributed by atoms with van der Waals surface area (Å²) >= 11 is 0. The van der Waals surface area contributed by atoms with Crippen LogP contribution in [0.1, 0.15) is 18.4 Å². The van der Waals surface area contributed by atoms with Crippen molar-refractivity contribution in [2.75, 3.05) is 18.4 Å². The second kappa shape index (κ2) is 7.84. The lowest BCUT2D eigenvalue weighted by molar-refractivity contribution is -0.136. The number of rotatable bonds is 7. The van der Waals surface area contributed by atoms with Crippen molar-refractivity contribution >= 4 is 17.6 Å². The van der Waals surface area contributed by atoms with Gasteiger partial charge in [0.1, 0.15) is 6.07 Å². The zero-order valence-electron chi connectivity index (χ0n) is 10.3. The fourth-order valence-electron chi connectivity index (χ4n) is 1.42. The molecule has 0 saturated carbocycles. The lowest BCUT2D eigenvalue weighted by atomic mass is 10.2. The average molecular weight is 261 g/mol. The summed E-state index contributed by atoms with van der Waals surface area (Å²) in [6.45, 7) is 0.727. The normalized spacial score (nSPS) is 9.63. The van der Waals surface area contributed by atoms with E-state index in [2.05, 4.69) is 10.6 Å². The van der Waals surface area contributed by atoms with Crippen molar-refractivity contribution in [3.05, 3.63) is 29.8 Å². The Morgan fingerprint density at radius 3 is 2.58 bits per heavy atom. The number of anilines is 1. The Morgan fingerprint density at radius 2 is 1.89 bits per heavy atom. The molecule has 0 heterocycles. The van der Waals surface area contributed by atoms with Crippen molar-refractivity contribution in [1.29, 1.82) is 5.26 Å². The van der Waals surface area contributed by atoms with E-state index in [-0.39, 0.29) is 18.7 Å². The average Bonchev–Trinajstić information content (AvgIpc) is 2.38. The van der Waals surface area contributed by atoms with Gasteiger partial charge < -0.3 is 15.7 Å². The fraction of sp³-hybridized carbons (Fsp3) is 0.308. The molecule has 0 saturated heterocycles. The maximum atomic E-state index is 11.6. The molecule has 6 heteroatoms. The number of hydrogen-bond acceptors (Lipinski definition) is 4. The van der Waals surface area contributed by atoms with Crippen molar-refractivity contribution in [3.8, 4) is 6.07 Å². The van der Waals surface area contributed by atoms with E-state index in [9.17, 15) is 9.59 Å². The molecule has 19 heavy (non-hydrogen) atoms. The molecule has 1 aromatic rings. The maximum Gasteiger partial charge on any atom is 0.304 e. The summed E-state index contributed by atoms with van der Waals surface area (Å²) in [5.74, 6) is -1.09. The Hall–Kier alpha value is -2.39. The van der Waals surface area contributed by atoms with Gasteiger partial charge in [-0.1, -0.05) is 12.1 Å². The van der Waals surface area contributed by atoms with Gasteiger partial charge in [-0.15, -0.1) is 0 Å². The summed E-state index contributed by atoms with van der Waals surface area (Å²) in [6.07, 6.45) is 0.248. The zero-order chi connectivity index (χ0) is 14.1.